The Labute approximate surface area is 214 Å². The largest absolute Gasteiger partial charge is 0.458 e. The average Bonchev–Trinajstić information content (AvgIpc) is 3.27. The maximum atomic E-state index is 14.5. The summed E-state index contributed by atoms with van der Waals surface area (Å²) < 4.78 is 28.5. The third-order valence-corrected chi connectivity index (χ3v) is 6.54. The van der Waals surface area contributed by atoms with E-state index in [9.17, 15) is 19.1 Å². The summed E-state index contributed by atoms with van der Waals surface area (Å²) in [5, 5.41) is 11.2. The molecule has 9 heteroatoms. The number of halogens is 1. The number of aromatic nitrogens is 2. The van der Waals surface area contributed by atoms with Crippen molar-refractivity contribution in [2.24, 2.45) is 0 Å². The van der Waals surface area contributed by atoms with Gasteiger partial charge in [-0.3, -0.25) is 4.79 Å². The number of nitrogens with zero attached hydrogens (tertiary/aromatic N) is 2. The lowest BCUT2D eigenvalue weighted by Gasteiger charge is -2.22. The lowest BCUT2D eigenvalue weighted by Crippen LogP contribution is -2.32. The number of aryl methyl sites for hydroxylation is 2. The van der Waals surface area contributed by atoms with Crippen LogP contribution in [0, 0.1) is 12.7 Å². The Bertz CT molecular complexity index is 1370. The van der Waals surface area contributed by atoms with Crippen molar-refractivity contribution < 1.29 is 23.6 Å². The fraction of sp³-hybridized carbons (Fsp3) is 0.444. The Balaban J connectivity index is 0.000000473. The number of aliphatic hydroxyl groups is 1. The van der Waals surface area contributed by atoms with Gasteiger partial charge in [-0.2, -0.15) is 0 Å². The van der Waals surface area contributed by atoms with Crippen molar-refractivity contribution in [3.8, 4) is 11.4 Å². The van der Waals surface area contributed by atoms with E-state index in [4.69, 9.17) is 14.3 Å². The summed E-state index contributed by atoms with van der Waals surface area (Å²) >= 11 is 0.750. The van der Waals surface area contributed by atoms with Crippen molar-refractivity contribution in [1.82, 2.24) is 9.55 Å². The van der Waals surface area contributed by atoms with Crippen LogP contribution in [0.5, 0.6) is 0 Å². The van der Waals surface area contributed by atoms with Crippen molar-refractivity contribution in [2.75, 3.05) is 6.26 Å². The van der Waals surface area contributed by atoms with Crippen molar-refractivity contribution in [3.63, 3.8) is 0 Å². The molecule has 0 spiro atoms. The van der Waals surface area contributed by atoms with E-state index in [1.165, 1.54) is 6.07 Å². The highest BCUT2D eigenvalue weighted by molar-refractivity contribution is 7.93. The van der Waals surface area contributed by atoms with E-state index in [0.717, 1.165) is 53.4 Å². The standard InChI is InChI=1S/C22H17FN2O4.2C2H6.CH4OS/c1-9-10-3-2-4-11-13-7-25-17(19(13)24-16(18(10)11)6-15(9)23)5-12-14(21(25)27)8-29-22(28)20(12)26;2*1-2;1-3-2/h5-6,20,26H,2-4,7-8H2,1H3;2*1-2H3;2H,1H3. The topological polar surface area (TPSA) is 102 Å². The summed E-state index contributed by atoms with van der Waals surface area (Å²) in [5.41, 5.74) is 5.86. The lowest BCUT2D eigenvalue weighted by molar-refractivity contribution is -0.157. The molecule has 3 aromatic rings. The number of fused-ring (bicyclic) bond motifs is 5. The number of hydrogen-bond donors (Lipinski definition) is 2. The maximum Gasteiger partial charge on any atom is 0.340 e. The molecule has 0 fully saturated rings. The van der Waals surface area contributed by atoms with Gasteiger partial charge in [0, 0.05) is 28.8 Å². The van der Waals surface area contributed by atoms with E-state index in [1.54, 1.807) is 23.8 Å². The van der Waals surface area contributed by atoms with Gasteiger partial charge in [-0.1, -0.05) is 27.7 Å². The van der Waals surface area contributed by atoms with Crippen molar-refractivity contribution >= 4 is 28.9 Å². The quantitative estimate of drug-likeness (QED) is 0.241. The van der Waals surface area contributed by atoms with Crippen LogP contribution in [-0.4, -0.2) is 31.4 Å². The van der Waals surface area contributed by atoms with Gasteiger partial charge in [0.05, 0.1) is 29.0 Å². The van der Waals surface area contributed by atoms with Crippen LogP contribution in [0.2, 0.25) is 0 Å². The van der Waals surface area contributed by atoms with E-state index in [0.29, 0.717) is 34.6 Å². The summed E-state index contributed by atoms with van der Waals surface area (Å²) in [7, 11) is 0. The third-order valence-electron chi connectivity index (χ3n) is 6.54. The van der Waals surface area contributed by atoms with Crippen molar-refractivity contribution in [2.45, 2.75) is 73.1 Å². The second-order valence-corrected chi connectivity index (χ2v) is 8.54. The Morgan fingerprint density at radius 1 is 1.08 bits per heavy atom. The highest BCUT2D eigenvalue weighted by Crippen LogP contribution is 2.41. The predicted octanol–water partition coefficient (Wildman–Crippen LogP) is 5.33. The van der Waals surface area contributed by atoms with Crippen LogP contribution in [-0.2, 0) is 35.5 Å². The van der Waals surface area contributed by atoms with Crippen LogP contribution >= 0.6 is 12.0 Å². The number of benzene rings is 1. The number of ether oxygens (including phenoxy) is 1. The highest BCUT2D eigenvalue weighted by atomic mass is 32.2. The second kappa shape index (κ2) is 11.5. The number of carbonyl (C=O) groups excluding carboxylic acids is 1. The first-order valence-electron chi connectivity index (χ1n) is 12.3. The molecule has 0 saturated carbocycles. The third kappa shape index (κ3) is 4.44. The van der Waals surface area contributed by atoms with Crippen LogP contribution in [0.1, 0.15) is 73.6 Å². The van der Waals surface area contributed by atoms with Crippen molar-refractivity contribution in [1.29, 1.82) is 0 Å². The Hall–Kier alpha value is -2.75. The molecule has 7 nitrogen and oxygen atoms in total. The Kier molecular flexibility index (Phi) is 8.92. The Morgan fingerprint density at radius 3 is 2.39 bits per heavy atom. The van der Waals surface area contributed by atoms with E-state index in [2.05, 4.69) is 0 Å². The van der Waals surface area contributed by atoms with Gasteiger partial charge < -0.3 is 19.0 Å². The molecular formula is C27H33FN2O5S. The monoisotopic (exact) mass is 516 g/mol. The molecule has 0 radical (unpaired) electrons. The molecule has 194 valence electrons. The van der Waals surface area contributed by atoms with Gasteiger partial charge >= 0.3 is 5.97 Å². The predicted molar refractivity (Wildman–Crippen MR) is 141 cm³/mol. The fourth-order valence-corrected chi connectivity index (χ4v) is 5.06. The summed E-state index contributed by atoms with van der Waals surface area (Å²) in [6, 6.07) is 3.13. The zero-order chi connectivity index (χ0) is 26.7. The summed E-state index contributed by atoms with van der Waals surface area (Å²) in [6.45, 7) is 10.0. The molecule has 2 aliphatic heterocycles. The van der Waals surface area contributed by atoms with E-state index >= 15 is 0 Å². The first-order chi connectivity index (χ1) is 17.4. The molecule has 3 aliphatic rings. The van der Waals surface area contributed by atoms with Gasteiger partial charge in [-0.15, -0.1) is 0 Å². The van der Waals surface area contributed by atoms with E-state index in [1.807, 2.05) is 27.7 Å². The number of hydrogen-bond acceptors (Lipinski definition) is 7. The maximum absolute atomic E-state index is 14.5. The first kappa shape index (κ1) is 27.8. The average molecular weight is 517 g/mol. The first-order valence-corrected chi connectivity index (χ1v) is 13.5. The van der Waals surface area contributed by atoms with Crippen LogP contribution in [0.4, 0.5) is 4.39 Å². The van der Waals surface area contributed by atoms with Gasteiger partial charge in [0.25, 0.3) is 5.56 Å². The molecule has 0 bridgehead atoms. The van der Waals surface area contributed by atoms with Gasteiger partial charge in [-0.25, -0.2) is 14.2 Å². The van der Waals surface area contributed by atoms with Crippen LogP contribution < -0.4 is 5.56 Å². The smallest absolute Gasteiger partial charge is 0.340 e. The minimum atomic E-state index is -1.48. The number of aliphatic hydroxyl groups excluding tert-OH is 1. The molecule has 2 aromatic heterocycles. The number of carbonyl (C=O) groups is 1. The normalized spacial score (nSPS) is 16.1. The van der Waals surface area contributed by atoms with Crippen LogP contribution in [0.15, 0.2) is 16.9 Å². The second-order valence-electron chi connectivity index (χ2n) is 8.17. The zero-order valence-electron chi connectivity index (χ0n) is 21.6. The molecular weight excluding hydrogens is 483 g/mol. The number of rotatable bonds is 0. The highest BCUT2D eigenvalue weighted by Gasteiger charge is 2.35. The van der Waals surface area contributed by atoms with Crippen LogP contribution in [0.25, 0.3) is 22.3 Å². The number of pyridine rings is 2. The molecule has 1 atom stereocenters. The van der Waals surface area contributed by atoms with Gasteiger partial charge in [0.15, 0.2) is 6.10 Å². The Morgan fingerprint density at radius 2 is 1.72 bits per heavy atom. The molecule has 1 unspecified atom stereocenters. The molecule has 0 saturated heterocycles. The SMILES string of the molecule is CC.CC.CSO.Cc1c(F)cc2nc3c(c4c2c1CCC4)Cn1c-3cc2c(c1=O)COC(=O)C2O. The van der Waals surface area contributed by atoms with E-state index in [-0.39, 0.29) is 23.5 Å². The summed E-state index contributed by atoms with van der Waals surface area (Å²) in [5.74, 6) is -1.03. The number of esters is 1. The molecule has 0 amide bonds. The lowest BCUT2D eigenvalue weighted by atomic mass is 9.85. The minimum Gasteiger partial charge on any atom is -0.458 e. The van der Waals surface area contributed by atoms with Gasteiger partial charge in [0.2, 0.25) is 0 Å². The van der Waals surface area contributed by atoms with Crippen molar-refractivity contribution in [3.05, 3.63) is 61.7 Å². The zero-order valence-corrected chi connectivity index (χ0v) is 22.4. The molecule has 4 heterocycles. The molecule has 36 heavy (non-hydrogen) atoms. The van der Waals surface area contributed by atoms with Gasteiger partial charge in [-0.05, 0) is 61.0 Å². The summed E-state index contributed by atoms with van der Waals surface area (Å²) in [4.78, 5) is 29.6. The molecule has 2 N–H and O–H groups in total. The molecule has 1 aliphatic carbocycles. The fourth-order valence-electron chi connectivity index (χ4n) is 5.06. The van der Waals surface area contributed by atoms with Gasteiger partial charge in [0.1, 0.15) is 12.4 Å². The number of cyclic esters (lactones) is 1. The summed E-state index contributed by atoms with van der Waals surface area (Å²) in [6.07, 6.45) is 2.71. The molecule has 6 rings (SSSR count). The van der Waals surface area contributed by atoms with E-state index < -0.39 is 12.1 Å². The minimum absolute atomic E-state index is 0.141. The van der Waals surface area contributed by atoms with Crippen LogP contribution in [0.3, 0.4) is 0 Å². The molecule has 1 aromatic carbocycles.